The third-order valence-electron chi connectivity index (χ3n) is 4.47. The van der Waals surface area contributed by atoms with E-state index in [9.17, 15) is 4.79 Å². The lowest BCUT2D eigenvalue weighted by Gasteiger charge is -2.10. The third-order valence-corrected chi connectivity index (χ3v) is 4.47. The van der Waals surface area contributed by atoms with E-state index in [2.05, 4.69) is 10.3 Å². The number of hydrogen-bond donors (Lipinski definition) is 1. The van der Waals surface area contributed by atoms with Crippen molar-refractivity contribution in [3.05, 3.63) is 115 Å². The number of carbonyl (C=O) groups is 1. The molecule has 3 aromatic carbocycles. The summed E-state index contributed by atoms with van der Waals surface area (Å²) in [5.41, 5.74) is 4.48. The highest BCUT2D eigenvalue weighted by Crippen LogP contribution is 2.21. The van der Waals surface area contributed by atoms with Gasteiger partial charge in [-0.15, -0.1) is 0 Å². The van der Waals surface area contributed by atoms with Crippen LogP contribution in [0.4, 0.5) is 5.69 Å². The predicted molar refractivity (Wildman–Crippen MR) is 115 cm³/mol. The first-order valence-electron chi connectivity index (χ1n) is 9.36. The third kappa shape index (κ3) is 4.87. The van der Waals surface area contributed by atoms with Gasteiger partial charge < -0.3 is 10.1 Å². The summed E-state index contributed by atoms with van der Waals surface area (Å²) in [4.78, 5) is 16.7. The molecule has 0 saturated carbocycles. The van der Waals surface area contributed by atoms with E-state index in [1.165, 1.54) is 0 Å². The van der Waals surface area contributed by atoms with E-state index >= 15 is 0 Å². The zero-order valence-corrected chi connectivity index (χ0v) is 15.8. The van der Waals surface area contributed by atoms with Crippen molar-refractivity contribution < 1.29 is 9.53 Å². The fourth-order valence-corrected chi connectivity index (χ4v) is 2.96. The van der Waals surface area contributed by atoms with Gasteiger partial charge in [-0.2, -0.15) is 0 Å². The predicted octanol–water partition coefficient (Wildman–Crippen LogP) is 5.58. The Labute approximate surface area is 169 Å². The van der Waals surface area contributed by atoms with Gasteiger partial charge in [0, 0.05) is 35.3 Å². The van der Waals surface area contributed by atoms with E-state index in [0.717, 1.165) is 16.7 Å². The van der Waals surface area contributed by atoms with Crippen LogP contribution in [0.5, 0.6) is 5.75 Å². The largest absolute Gasteiger partial charge is 0.489 e. The lowest BCUT2D eigenvalue weighted by molar-refractivity contribution is 0.102. The van der Waals surface area contributed by atoms with Crippen molar-refractivity contribution in [3.8, 4) is 16.9 Å². The van der Waals surface area contributed by atoms with Crippen molar-refractivity contribution in [2.75, 3.05) is 5.32 Å². The minimum absolute atomic E-state index is 0.158. The van der Waals surface area contributed by atoms with Gasteiger partial charge in [0.2, 0.25) is 0 Å². The summed E-state index contributed by atoms with van der Waals surface area (Å²) in [6, 6.07) is 28.9. The number of carbonyl (C=O) groups excluding carboxylic acids is 1. The molecule has 142 valence electrons. The van der Waals surface area contributed by atoms with E-state index in [1.54, 1.807) is 12.4 Å². The molecule has 0 aliphatic heterocycles. The Hall–Kier alpha value is -3.92. The maximum Gasteiger partial charge on any atom is 0.255 e. The van der Waals surface area contributed by atoms with Gasteiger partial charge in [-0.05, 0) is 41.5 Å². The van der Waals surface area contributed by atoms with Gasteiger partial charge in [0.25, 0.3) is 5.91 Å². The molecule has 4 nitrogen and oxygen atoms in total. The fraction of sp³-hybridized carbons (Fsp3) is 0.0400. The molecule has 1 N–H and O–H groups in total. The number of nitrogens with one attached hydrogen (secondary N) is 1. The molecular weight excluding hydrogens is 360 g/mol. The van der Waals surface area contributed by atoms with E-state index in [0.29, 0.717) is 23.6 Å². The zero-order chi connectivity index (χ0) is 19.9. The van der Waals surface area contributed by atoms with Crippen LogP contribution >= 0.6 is 0 Å². The monoisotopic (exact) mass is 380 g/mol. The molecule has 4 rings (SSSR count). The number of rotatable bonds is 6. The lowest BCUT2D eigenvalue weighted by Crippen LogP contribution is -2.11. The molecule has 0 bridgehead atoms. The van der Waals surface area contributed by atoms with Gasteiger partial charge in [-0.3, -0.25) is 9.78 Å². The Morgan fingerprint density at radius 2 is 1.62 bits per heavy atom. The van der Waals surface area contributed by atoms with Gasteiger partial charge in [0.15, 0.2) is 0 Å². The number of nitrogens with zero attached hydrogens (tertiary/aromatic N) is 1. The van der Waals surface area contributed by atoms with Crippen molar-refractivity contribution in [1.29, 1.82) is 0 Å². The van der Waals surface area contributed by atoms with Crippen molar-refractivity contribution >= 4 is 11.6 Å². The van der Waals surface area contributed by atoms with Crippen LogP contribution in [0, 0.1) is 0 Å². The van der Waals surface area contributed by atoms with Gasteiger partial charge in [-0.25, -0.2) is 0 Å². The summed E-state index contributed by atoms with van der Waals surface area (Å²) in [7, 11) is 0. The Kier molecular flexibility index (Phi) is 5.63. The number of pyridine rings is 1. The lowest BCUT2D eigenvalue weighted by atomic mass is 10.0. The molecular formula is C25H20N2O2. The summed E-state index contributed by atoms with van der Waals surface area (Å²) in [5.74, 6) is 0.528. The topological polar surface area (TPSA) is 51.2 Å². The van der Waals surface area contributed by atoms with E-state index < -0.39 is 0 Å². The molecule has 1 aromatic heterocycles. The molecule has 0 fully saturated rings. The second kappa shape index (κ2) is 8.85. The second-order valence-electron chi connectivity index (χ2n) is 6.58. The molecule has 0 aliphatic rings. The van der Waals surface area contributed by atoms with Crippen LogP contribution in [0.25, 0.3) is 11.1 Å². The minimum atomic E-state index is -0.158. The molecule has 1 heterocycles. The second-order valence-corrected chi connectivity index (χ2v) is 6.58. The summed E-state index contributed by atoms with van der Waals surface area (Å²) >= 11 is 0. The molecule has 0 atom stereocenters. The number of amides is 1. The molecule has 1 amide bonds. The van der Waals surface area contributed by atoms with Crippen LogP contribution in [0.3, 0.4) is 0 Å². The molecule has 0 unspecified atom stereocenters. The van der Waals surface area contributed by atoms with Crippen molar-refractivity contribution in [2.24, 2.45) is 0 Å². The van der Waals surface area contributed by atoms with Crippen LogP contribution in [0.15, 0.2) is 103 Å². The number of aromatic nitrogens is 1. The molecule has 0 saturated heterocycles. The van der Waals surface area contributed by atoms with Crippen LogP contribution in [0.2, 0.25) is 0 Å². The first kappa shape index (κ1) is 18.4. The first-order chi connectivity index (χ1) is 14.3. The number of benzene rings is 3. The SMILES string of the molecule is O=C(Nc1cccc(OCc2cccnc2)c1)c1ccc(-c2ccccc2)cc1. The van der Waals surface area contributed by atoms with E-state index in [4.69, 9.17) is 4.74 Å². The zero-order valence-electron chi connectivity index (χ0n) is 15.8. The fourth-order valence-electron chi connectivity index (χ4n) is 2.96. The van der Waals surface area contributed by atoms with E-state index in [1.807, 2.05) is 91.0 Å². The van der Waals surface area contributed by atoms with Crippen LogP contribution in [0.1, 0.15) is 15.9 Å². The molecule has 0 spiro atoms. The van der Waals surface area contributed by atoms with Gasteiger partial charge >= 0.3 is 0 Å². The molecule has 4 heteroatoms. The highest BCUT2D eigenvalue weighted by molar-refractivity contribution is 6.04. The van der Waals surface area contributed by atoms with Gasteiger partial charge in [0.05, 0.1) is 0 Å². The van der Waals surface area contributed by atoms with Crippen molar-refractivity contribution in [1.82, 2.24) is 4.98 Å². The standard InChI is InChI=1S/C25H20N2O2/c28-25(22-13-11-21(12-14-22)20-7-2-1-3-8-20)27-23-9-4-10-24(16-23)29-18-19-6-5-15-26-17-19/h1-17H,18H2,(H,27,28). The Morgan fingerprint density at radius 3 is 2.38 bits per heavy atom. The van der Waals surface area contributed by atoms with Gasteiger partial charge in [-0.1, -0.05) is 54.6 Å². The minimum Gasteiger partial charge on any atom is -0.489 e. The van der Waals surface area contributed by atoms with Gasteiger partial charge in [0.1, 0.15) is 12.4 Å². The average Bonchev–Trinajstić information content (AvgIpc) is 2.79. The molecule has 29 heavy (non-hydrogen) atoms. The highest BCUT2D eigenvalue weighted by Gasteiger charge is 2.07. The smallest absolute Gasteiger partial charge is 0.255 e. The van der Waals surface area contributed by atoms with Crippen LogP contribution < -0.4 is 10.1 Å². The normalized spacial score (nSPS) is 10.3. The van der Waals surface area contributed by atoms with Crippen LogP contribution in [-0.4, -0.2) is 10.9 Å². The average molecular weight is 380 g/mol. The number of anilines is 1. The Bertz CT molecular complexity index is 1080. The van der Waals surface area contributed by atoms with E-state index in [-0.39, 0.29) is 5.91 Å². The molecule has 0 radical (unpaired) electrons. The Morgan fingerprint density at radius 1 is 0.828 bits per heavy atom. The summed E-state index contributed by atoms with van der Waals surface area (Å²) in [6.07, 6.45) is 3.50. The highest BCUT2D eigenvalue weighted by atomic mass is 16.5. The summed E-state index contributed by atoms with van der Waals surface area (Å²) < 4.78 is 5.79. The number of hydrogen-bond acceptors (Lipinski definition) is 3. The number of ether oxygens (including phenoxy) is 1. The maximum absolute atomic E-state index is 12.6. The van der Waals surface area contributed by atoms with Crippen molar-refractivity contribution in [2.45, 2.75) is 6.61 Å². The van der Waals surface area contributed by atoms with Crippen molar-refractivity contribution in [3.63, 3.8) is 0 Å². The van der Waals surface area contributed by atoms with Crippen LogP contribution in [-0.2, 0) is 6.61 Å². The summed E-state index contributed by atoms with van der Waals surface area (Å²) in [6.45, 7) is 0.423. The Balaban J connectivity index is 1.40. The first-order valence-corrected chi connectivity index (χ1v) is 9.36. The maximum atomic E-state index is 12.6. The summed E-state index contributed by atoms with van der Waals surface area (Å²) in [5, 5.41) is 2.92. The quantitative estimate of drug-likeness (QED) is 0.475. The molecule has 4 aromatic rings. The molecule has 0 aliphatic carbocycles.